The molecule has 0 unspecified atom stereocenters. The van der Waals surface area contributed by atoms with Crippen LogP contribution in [0.15, 0.2) is 36.4 Å². The van der Waals surface area contributed by atoms with E-state index in [9.17, 15) is 19.2 Å². The van der Waals surface area contributed by atoms with Gasteiger partial charge < -0.3 is 19.5 Å². The van der Waals surface area contributed by atoms with E-state index in [0.29, 0.717) is 23.3 Å². The van der Waals surface area contributed by atoms with Crippen LogP contribution in [0.25, 0.3) is 0 Å². The van der Waals surface area contributed by atoms with Crippen LogP contribution in [0.2, 0.25) is 0 Å². The third-order valence-electron chi connectivity index (χ3n) is 3.78. The molecule has 0 saturated carbocycles. The van der Waals surface area contributed by atoms with Crippen LogP contribution in [-0.4, -0.2) is 37.3 Å². The zero-order chi connectivity index (χ0) is 19.4. The lowest BCUT2D eigenvalue weighted by atomic mass is 10.1. The molecule has 138 valence electrons. The minimum absolute atomic E-state index is 0.0323. The summed E-state index contributed by atoms with van der Waals surface area (Å²) >= 11 is 0. The van der Waals surface area contributed by atoms with Crippen molar-refractivity contribution in [2.45, 2.75) is 6.92 Å². The minimum Gasteiger partial charge on any atom is -0.454 e. The van der Waals surface area contributed by atoms with Gasteiger partial charge in [-0.15, -0.1) is 0 Å². The van der Waals surface area contributed by atoms with Crippen LogP contribution < -0.4 is 14.8 Å². The Morgan fingerprint density at radius 3 is 2.41 bits per heavy atom. The molecule has 1 heterocycles. The number of hydrogen-bond donors (Lipinski definition) is 1. The first-order valence-corrected chi connectivity index (χ1v) is 7.94. The van der Waals surface area contributed by atoms with Crippen LogP contribution >= 0.6 is 0 Å². The third kappa shape index (κ3) is 4.12. The maximum atomic E-state index is 12.1. The predicted molar refractivity (Wildman–Crippen MR) is 93.3 cm³/mol. The first kappa shape index (κ1) is 18.1. The Labute approximate surface area is 154 Å². The first-order valence-electron chi connectivity index (χ1n) is 7.94. The lowest BCUT2D eigenvalue weighted by molar-refractivity contribution is -0.119. The Morgan fingerprint density at radius 1 is 1.11 bits per heavy atom. The molecule has 0 aliphatic carbocycles. The van der Waals surface area contributed by atoms with Crippen molar-refractivity contribution in [3.05, 3.63) is 53.1 Å². The Hall–Kier alpha value is -3.68. The topological polar surface area (TPSA) is 108 Å². The Bertz CT molecular complexity index is 918. The van der Waals surface area contributed by atoms with E-state index in [-0.39, 0.29) is 29.4 Å². The van der Waals surface area contributed by atoms with Gasteiger partial charge in [0.25, 0.3) is 5.91 Å². The summed E-state index contributed by atoms with van der Waals surface area (Å²) in [4.78, 5) is 46.5. The molecule has 2 aromatic rings. The number of amides is 1. The van der Waals surface area contributed by atoms with Crippen molar-refractivity contribution >= 4 is 29.6 Å². The molecule has 8 nitrogen and oxygen atoms in total. The molecule has 2 aromatic carbocycles. The molecule has 0 spiro atoms. The molecule has 1 aliphatic rings. The number of rotatable bonds is 6. The number of benzene rings is 2. The summed E-state index contributed by atoms with van der Waals surface area (Å²) in [7, 11) is 0. The summed E-state index contributed by atoms with van der Waals surface area (Å²) in [5, 5.41) is 2.53. The summed E-state index contributed by atoms with van der Waals surface area (Å²) < 4.78 is 15.4. The fourth-order valence-corrected chi connectivity index (χ4v) is 2.44. The maximum Gasteiger partial charge on any atom is 0.338 e. The summed E-state index contributed by atoms with van der Waals surface area (Å²) in [5.74, 6) is -0.767. The van der Waals surface area contributed by atoms with E-state index in [1.807, 2.05) is 0 Å². The fraction of sp³-hybridized carbons (Fsp3) is 0.158. The van der Waals surface area contributed by atoms with Crippen molar-refractivity contribution in [2.24, 2.45) is 0 Å². The molecule has 0 aromatic heterocycles. The number of fused-ring (bicyclic) bond motifs is 1. The number of anilines is 1. The van der Waals surface area contributed by atoms with Crippen molar-refractivity contribution < 1.29 is 33.4 Å². The number of ketones is 1. The summed E-state index contributed by atoms with van der Waals surface area (Å²) in [6.45, 7) is 0.848. The maximum absolute atomic E-state index is 12.1. The van der Waals surface area contributed by atoms with Gasteiger partial charge in [-0.05, 0) is 25.1 Å². The average Bonchev–Trinajstić information content (AvgIpc) is 3.12. The van der Waals surface area contributed by atoms with Crippen LogP contribution in [0, 0.1) is 0 Å². The van der Waals surface area contributed by atoms with E-state index in [1.54, 1.807) is 0 Å². The highest BCUT2D eigenvalue weighted by atomic mass is 16.7. The second kappa shape index (κ2) is 7.69. The van der Waals surface area contributed by atoms with E-state index in [1.165, 1.54) is 43.3 Å². The van der Waals surface area contributed by atoms with Crippen LogP contribution in [0.1, 0.15) is 38.0 Å². The van der Waals surface area contributed by atoms with Crippen molar-refractivity contribution in [1.29, 1.82) is 0 Å². The number of Topliss-reactive ketones (excluding diaryl/α,β-unsaturated/α-hetero) is 1. The van der Waals surface area contributed by atoms with E-state index in [2.05, 4.69) is 5.32 Å². The van der Waals surface area contributed by atoms with Gasteiger partial charge in [0, 0.05) is 17.2 Å². The van der Waals surface area contributed by atoms with Crippen molar-refractivity contribution in [2.75, 3.05) is 18.7 Å². The van der Waals surface area contributed by atoms with Crippen LogP contribution in [0.3, 0.4) is 0 Å². The van der Waals surface area contributed by atoms with Crippen molar-refractivity contribution in [3.63, 3.8) is 0 Å². The number of hydrogen-bond acceptors (Lipinski definition) is 7. The summed E-state index contributed by atoms with van der Waals surface area (Å²) in [5.41, 5.74) is 1.12. The molecule has 0 radical (unpaired) electrons. The number of aldehydes is 1. The van der Waals surface area contributed by atoms with Crippen LogP contribution in [0.4, 0.5) is 5.69 Å². The monoisotopic (exact) mass is 369 g/mol. The molecule has 27 heavy (non-hydrogen) atoms. The van der Waals surface area contributed by atoms with Gasteiger partial charge >= 0.3 is 5.97 Å². The molecule has 0 fully saturated rings. The van der Waals surface area contributed by atoms with Gasteiger partial charge in [-0.25, -0.2) is 4.79 Å². The predicted octanol–water partition coefficient (Wildman–Crippen LogP) is 2.23. The normalized spacial score (nSPS) is 11.6. The van der Waals surface area contributed by atoms with Crippen LogP contribution in [-0.2, 0) is 9.53 Å². The van der Waals surface area contributed by atoms with Gasteiger partial charge in [-0.2, -0.15) is 0 Å². The number of carbonyl (C=O) groups excluding carboxylic acids is 4. The highest BCUT2D eigenvalue weighted by Crippen LogP contribution is 2.37. The van der Waals surface area contributed by atoms with Gasteiger partial charge in [-0.3, -0.25) is 14.4 Å². The number of ether oxygens (including phenoxy) is 3. The molecule has 8 heteroatoms. The molecule has 0 atom stereocenters. The molecular weight excluding hydrogens is 354 g/mol. The molecule has 0 bridgehead atoms. The fourth-order valence-electron chi connectivity index (χ4n) is 2.44. The van der Waals surface area contributed by atoms with E-state index in [4.69, 9.17) is 14.2 Å². The van der Waals surface area contributed by atoms with Gasteiger partial charge in [-0.1, -0.05) is 12.1 Å². The van der Waals surface area contributed by atoms with Crippen molar-refractivity contribution in [1.82, 2.24) is 0 Å². The van der Waals surface area contributed by atoms with Crippen LogP contribution in [0.5, 0.6) is 11.5 Å². The molecule has 3 rings (SSSR count). The van der Waals surface area contributed by atoms with E-state index < -0.39 is 18.5 Å². The summed E-state index contributed by atoms with van der Waals surface area (Å²) in [6.07, 6.45) is 0.653. The molecule has 1 amide bonds. The number of esters is 1. The first-order chi connectivity index (χ1) is 13.0. The van der Waals surface area contributed by atoms with Gasteiger partial charge in [0.2, 0.25) is 6.79 Å². The number of carbonyl (C=O) groups is 4. The highest BCUT2D eigenvalue weighted by molar-refractivity contribution is 6.05. The summed E-state index contributed by atoms with van der Waals surface area (Å²) in [6, 6.07) is 8.76. The minimum atomic E-state index is -0.708. The van der Waals surface area contributed by atoms with E-state index in [0.717, 1.165) is 0 Å². The van der Waals surface area contributed by atoms with Gasteiger partial charge in [0.1, 0.15) is 6.29 Å². The third-order valence-corrected chi connectivity index (χ3v) is 3.78. The van der Waals surface area contributed by atoms with Crippen molar-refractivity contribution in [3.8, 4) is 11.5 Å². The van der Waals surface area contributed by atoms with Gasteiger partial charge in [0.05, 0.1) is 11.3 Å². The average molecular weight is 369 g/mol. The largest absolute Gasteiger partial charge is 0.454 e. The SMILES string of the molecule is CC(=O)c1cc2c(cc1NC(=O)COC(=O)c1ccc(C=O)cc1)OCO2. The van der Waals surface area contributed by atoms with Gasteiger partial charge in [0.15, 0.2) is 23.9 Å². The Morgan fingerprint density at radius 2 is 1.78 bits per heavy atom. The Balaban J connectivity index is 1.64. The zero-order valence-electron chi connectivity index (χ0n) is 14.3. The molecule has 0 saturated heterocycles. The Kier molecular flexibility index (Phi) is 5.16. The highest BCUT2D eigenvalue weighted by Gasteiger charge is 2.21. The second-order valence-electron chi connectivity index (χ2n) is 5.67. The number of nitrogens with one attached hydrogen (secondary N) is 1. The standard InChI is InChI=1S/C19H15NO7/c1-11(22)14-6-16-17(27-10-26-16)7-15(14)20-18(23)9-25-19(24)13-4-2-12(8-21)3-5-13/h2-8H,9-10H2,1H3,(H,20,23). The lowest BCUT2D eigenvalue weighted by Gasteiger charge is -2.11. The molecule has 1 aliphatic heterocycles. The quantitative estimate of drug-likeness (QED) is 0.472. The molecule has 1 N–H and O–H groups in total. The molecular formula is C19H15NO7. The van der Waals surface area contributed by atoms with E-state index >= 15 is 0 Å². The smallest absolute Gasteiger partial charge is 0.338 e. The second-order valence-corrected chi connectivity index (χ2v) is 5.67. The lowest BCUT2D eigenvalue weighted by Crippen LogP contribution is -2.22. The zero-order valence-corrected chi connectivity index (χ0v) is 14.3.